The SMILES string of the molecule is COc1ccccc1Oc1ccc(Cl)cc1NC(=O)C1CCCN(C)C1. The normalized spacial score (nSPS) is 17.6. The number of ether oxygens (including phenoxy) is 2. The number of rotatable bonds is 5. The first-order chi connectivity index (χ1) is 12.6. The van der Waals surface area contributed by atoms with Crippen LogP contribution in [0, 0.1) is 5.92 Å². The van der Waals surface area contributed by atoms with Crippen molar-refractivity contribution in [2.24, 2.45) is 5.92 Å². The fourth-order valence-electron chi connectivity index (χ4n) is 3.13. The highest BCUT2D eigenvalue weighted by Crippen LogP contribution is 2.36. The smallest absolute Gasteiger partial charge is 0.228 e. The molecule has 3 rings (SSSR count). The van der Waals surface area contributed by atoms with Gasteiger partial charge in [0.15, 0.2) is 17.2 Å². The quantitative estimate of drug-likeness (QED) is 0.841. The number of para-hydroxylation sites is 2. The number of amides is 1. The molecule has 0 aromatic heterocycles. The minimum atomic E-state index is -0.0353. The summed E-state index contributed by atoms with van der Waals surface area (Å²) in [6.45, 7) is 1.79. The van der Waals surface area contributed by atoms with Crippen LogP contribution >= 0.6 is 11.6 Å². The largest absolute Gasteiger partial charge is 0.493 e. The number of hydrogen-bond acceptors (Lipinski definition) is 4. The van der Waals surface area contributed by atoms with Crippen molar-refractivity contribution < 1.29 is 14.3 Å². The number of piperidine rings is 1. The minimum Gasteiger partial charge on any atom is -0.493 e. The first-order valence-corrected chi connectivity index (χ1v) is 9.04. The van der Waals surface area contributed by atoms with Crippen molar-refractivity contribution in [3.8, 4) is 17.2 Å². The molecule has 138 valence electrons. The molecular formula is C20H23ClN2O3. The number of anilines is 1. The molecule has 0 aliphatic carbocycles. The van der Waals surface area contributed by atoms with Gasteiger partial charge in [0.25, 0.3) is 0 Å². The molecule has 6 heteroatoms. The van der Waals surface area contributed by atoms with E-state index in [-0.39, 0.29) is 11.8 Å². The lowest BCUT2D eigenvalue weighted by Crippen LogP contribution is -2.38. The highest BCUT2D eigenvalue weighted by molar-refractivity contribution is 6.31. The Hall–Kier alpha value is -2.24. The predicted molar refractivity (Wildman–Crippen MR) is 103 cm³/mol. The molecule has 26 heavy (non-hydrogen) atoms. The Morgan fingerprint density at radius 1 is 1.19 bits per heavy atom. The van der Waals surface area contributed by atoms with Gasteiger partial charge in [0.2, 0.25) is 5.91 Å². The second-order valence-corrected chi connectivity index (χ2v) is 6.92. The number of benzene rings is 2. The van der Waals surface area contributed by atoms with Gasteiger partial charge in [0.05, 0.1) is 18.7 Å². The molecule has 0 saturated carbocycles. The van der Waals surface area contributed by atoms with E-state index in [0.717, 1.165) is 25.9 Å². The molecular weight excluding hydrogens is 352 g/mol. The van der Waals surface area contributed by atoms with E-state index < -0.39 is 0 Å². The van der Waals surface area contributed by atoms with Gasteiger partial charge >= 0.3 is 0 Å². The minimum absolute atomic E-state index is 0.0105. The van der Waals surface area contributed by atoms with Gasteiger partial charge in [0, 0.05) is 11.6 Å². The average Bonchev–Trinajstić information content (AvgIpc) is 2.64. The van der Waals surface area contributed by atoms with Crippen molar-refractivity contribution in [3.63, 3.8) is 0 Å². The number of hydrogen-bond donors (Lipinski definition) is 1. The summed E-state index contributed by atoms with van der Waals surface area (Å²) in [4.78, 5) is 14.9. The van der Waals surface area contributed by atoms with Crippen LogP contribution in [0.25, 0.3) is 0 Å². The first-order valence-electron chi connectivity index (χ1n) is 8.66. The molecule has 2 aromatic rings. The number of nitrogens with one attached hydrogen (secondary N) is 1. The summed E-state index contributed by atoms with van der Waals surface area (Å²) in [5.41, 5.74) is 0.557. The van der Waals surface area contributed by atoms with Gasteiger partial charge in [-0.1, -0.05) is 23.7 Å². The predicted octanol–water partition coefficient (Wildman–Crippen LogP) is 4.42. The van der Waals surface area contributed by atoms with E-state index in [1.165, 1.54) is 0 Å². The van der Waals surface area contributed by atoms with Gasteiger partial charge in [-0.05, 0) is 56.8 Å². The second kappa shape index (κ2) is 8.43. The fourth-order valence-corrected chi connectivity index (χ4v) is 3.30. The monoisotopic (exact) mass is 374 g/mol. The third kappa shape index (κ3) is 4.48. The zero-order valence-corrected chi connectivity index (χ0v) is 15.8. The Morgan fingerprint density at radius 2 is 1.96 bits per heavy atom. The Bertz CT molecular complexity index is 781. The number of nitrogens with zero attached hydrogens (tertiary/aromatic N) is 1. The van der Waals surface area contributed by atoms with Crippen molar-refractivity contribution in [2.75, 3.05) is 32.6 Å². The van der Waals surface area contributed by atoms with Crippen LogP contribution in [0.5, 0.6) is 17.2 Å². The molecule has 5 nitrogen and oxygen atoms in total. The number of likely N-dealkylation sites (tertiary alicyclic amines) is 1. The Labute approximate surface area is 158 Å². The Morgan fingerprint density at radius 3 is 2.69 bits per heavy atom. The number of carbonyl (C=O) groups is 1. The number of halogens is 1. The van der Waals surface area contributed by atoms with E-state index in [0.29, 0.717) is 28.0 Å². The van der Waals surface area contributed by atoms with Crippen molar-refractivity contribution in [3.05, 3.63) is 47.5 Å². The van der Waals surface area contributed by atoms with Crippen molar-refractivity contribution >= 4 is 23.2 Å². The molecule has 1 fully saturated rings. The summed E-state index contributed by atoms with van der Waals surface area (Å²) in [6, 6.07) is 12.6. The molecule has 1 aliphatic rings. The van der Waals surface area contributed by atoms with Crippen molar-refractivity contribution in [1.29, 1.82) is 0 Å². The molecule has 0 radical (unpaired) electrons. The zero-order chi connectivity index (χ0) is 18.5. The van der Waals surface area contributed by atoms with E-state index in [1.807, 2.05) is 31.3 Å². The Balaban J connectivity index is 1.80. The van der Waals surface area contributed by atoms with E-state index in [9.17, 15) is 4.79 Å². The van der Waals surface area contributed by atoms with Crippen LogP contribution in [-0.4, -0.2) is 38.1 Å². The van der Waals surface area contributed by atoms with E-state index in [1.54, 1.807) is 25.3 Å². The van der Waals surface area contributed by atoms with Crippen LogP contribution in [-0.2, 0) is 4.79 Å². The molecule has 2 aromatic carbocycles. The van der Waals surface area contributed by atoms with Gasteiger partial charge in [0.1, 0.15) is 0 Å². The van der Waals surface area contributed by atoms with Crippen molar-refractivity contribution in [2.45, 2.75) is 12.8 Å². The summed E-state index contributed by atoms with van der Waals surface area (Å²) in [6.07, 6.45) is 1.91. The maximum Gasteiger partial charge on any atom is 0.228 e. The summed E-state index contributed by atoms with van der Waals surface area (Å²) in [5, 5.41) is 3.52. The summed E-state index contributed by atoms with van der Waals surface area (Å²) >= 11 is 6.13. The maximum absolute atomic E-state index is 12.7. The van der Waals surface area contributed by atoms with Gasteiger partial charge < -0.3 is 19.7 Å². The molecule has 0 spiro atoms. The molecule has 1 unspecified atom stereocenters. The second-order valence-electron chi connectivity index (χ2n) is 6.48. The number of methoxy groups -OCH3 is 1. The zero-order valence-electron chi connectivity index (χ0n) is 15.0. The van der Waals surface area contributed by atoms with Crippen LogP contribution in [0.15, 0.2) is 42.5 Å². The van der Waals surface area contributed by atoms with Crippen LogP contribution < -0.4 is 14.8 Å². The molecule has 1 N–H and O–H groups in total. The van der Waals surface area contributed by atoms with Gasteiger partial charge in [-0.25, -0.2) is 0 Å². The van der Waals surface area contributed by atoms with Crippen LogP contribution in [0.3, 0.4) is 0 Å². The lowest BCUT2D eigenvalue weighted by atomic mass is 9.97. The summed E-state index contributed by atoms with van der Waals surface area (Å²) < 4.78 is 11.3. The summed E-state index contributed by atoms with van der Waals surface area (Å²) in [5.74, 6) is 1.67. The topological polar surface area (TPSA) is 50.8 Å². The average molecular weight is 375 g/mol. The lowest BCUT2D eigenvalue weighted by molar-refractivity contribution is -0.121. The van der Waals surface area contributed by atoms with Crippen LogP contribution in [0.4, 0.5) is 5.69 Å². The standard InChI is InChI=1S/C20H23ClN2O3/c1-23-11-5-6-14(13-23)20(24)22-16-12-15(21)9-10-17(16)26-19-8-4-3-7-18(19)25-2/h3-4,7-10,12,14H,5-6,11,13H2,1-2H3,(H,22,24). The van der Waals surface area contributed by atoms with E-state index in [2.05, 4.69) is 10.2 Å². The van der Waals surface area contributed by atoms with E-state index >= 15 is 0 Å². The maximum atomic E-state index is 12.7. The third-order valence-corrected chi connectivity index (χ3v) is 4.72. The van der Waals surface area contributed by atoms with Gasteiger partial charge in [-0.2, -0.15) is 0 Å². The fraction of sp³-hybridized carbons (Fsp3) is 0.350. The van der Waals surface area contributed by atoms with Gasteiger partial charge in [-0.3, -0.25) is 4.79 Å². The third-order valence-electron chi connectivity index (χ3n) is 4.48. The molecule has 1 aliphatic heterocycles. The first kappa shape index (κ1) is 18.5. The van der Waals surface area contributed by atoms with Crippen molar-refractivity contribution in [1.82, 2.24) is 4.90 Å². The molecule has 0 bridgehead atoms. The molecule has 1 heterocycles. The Kier molecular flexibility index (Phi) is 6.01. The van der Waals surface area contributed by atoms with Crippen LogP contribution in [0.2, 0.25) is 5.02 Å². The molecule has 1 amide bonds. The highest BCUT2D eigenvalue weighted by Gasteiger charge is 2.25. The van der Waals surface area contributed by atoms with Gasteiger partial charge in [-0.15, -0.1) is 0 Å². The molecule has 1 saturated heterocycles. The number of carbonyl (C=O) groups excluding carboxylic acids is 1. The lowest BCUT2D eigenvalue weighted by Gasteiger charge is -2.29. The van der Waals surface area contributed by atoms with Crippen LogP contribution in [0.1, 0.15) is 12.8 Å². The molecule has 1 atom stereocenters. The van der Waals surface area contributed by atoms with E-state index in [4.69, 9.17) is 21.1 Å². The highest BCUT2D eigenvalue weighted by atomic mass is 35.5. The summed E-state index contributed by atoms with van der Waals surface area (Å²) in [7, 11) is 3.63.